The van der Waals surface area contributed by atoms with Crippen molar-refractivity contribution in [1.82, 2.24) is 10.2 Å². The summed E-state index contributed by atoms with van der Waals surface area (Å²) >= 11 is 0. The molecule has 1 N–H and O–H groups in total. The first-order valence-corrected chi connectivity index (χ1v) is 7.52. The second-order valence-corrected chi connectivity index (χ2v) is 5.69. The summed E-state index contributed by atoms with van der Waals surface area (Å²) in [6.07, 6.45) is 3.53. The number of para-hydroxylation sites is 1. The van der Waals surface area contributed by atoms with Gasteiger partial charge in [-0.15, -0.1) is 0 Å². The molecule has 20 heavy (non-hydrogen) atoms. The highest BCUT2D eigenvalue weighted by Gasteiger charge is 2.32. The van der Waals surface area contributed by atoms with Crippen molar-refractivity contribution in [1.29, 1.82) is 0 Å². The van der Waals surface area contributed by atoms with E-state index in [0.29, 0.717) is 12.0 Å². The van der Waals surface area contributed by atoms with Gasteiger partial charge in [0, 0.05) is 19.1 Å². The molecule has 0 aliphatic carbocycles. The second-order valence-electron chi connectivity index (χ2n) is 5.69. The van der Waals surface area contributed by atoms with E-state index in [0.717, 1.165) is 31.8 Å². The topological polar surface area (TPSA) is 41.6 Å². The van der Waals surface area contributed by atoms with Gasteiger partial charge in [-0.1, -0.05) is 18.2 Å². The minimum absolute atomic E-state index is 0.109. The Morgan fingerprint density at radius 2 is 2.15 bits per heavy atom. The lowest BCUT2D eigenvalue weighted by molar-refractivity contribution is -0.135. The van der Waals surface area contributed by atoms with Gasteiger partial charge < -0.3 is 15.0 Å². The molecular formula is C16H22N2O2. The van der Waals surface area contributed by atoms with Crippen molar-refractivity contribution in [2.24, 2.45) is 5.92 Å². The fourth-order valence-electron chi connectivity index (χ4n) is 3.22. The number of carbonyl (C=O) groups is 1. The highest BCUT2D eigenvalue weighted by molar-refractivity contribution is 5.77. The van der Waals surface area contributed by atoms with Gasteiger partial charge in [0.1, 0.15) is 5.75 Å². The summed E-state index contributed by atoms with van der Waals surface area (Å²) in [4.78, 5) is 14.2. The third-order valence-corrected chi connectivity index (χ3v) is 4.35. The Labute approximate surface area is 120 Å². The Kier molecular flexibility index (Phi) is 4.21. The zero-order valence-electron chi connectivity index (χ0n) is 11.8. The number of nitrogens with one attached hydrogen (secondary N) is 1. The molecule has 2 atom stereocenters. The summed E-state index contributed by atoms with van der Waals surface area (Å²) in [7, 11) is 0. The first kappa shape index (κ1) is 13.4. The van der Waals surface area contributed by atoms with E-state index in [1.54, 1.807) is 0 Å². The van der Waals surface area contributed by atoms with Crippen LogP contribution in [0.4, 0.5) is 0 Å². The van der Waals surface area contributed by atoms with Gasteiger partial charge in [0.2, 0.25) is 0 Å². The van der Waals surface area contributed by atoms with Gasteiger partial charge in [-0.25, -0.2) is 0 Å². The maximum atomic E-state index is 12.2. The Morgan fingerprint density at radius 3 is 3.00 bits per heavy atom. The van der Waals surface area contributed by atoms with E-state index in [2.05, 4.69) is 5.32 Å². The molecule has 2 fully saturated rings. The van der Waals surface area contributed by atoms with Crippen molar-refractivity contribution in [2.45, 2.75) is 25.3 Å². The van der Waals surface area contributed by atoms with Crippen LogP contribution in [-0.4, -0.2) is 43.1 Å². The maximum Gasteiger partial charge on any atom is 0.260 e. The molecule has 2 heterocycles. The normalized spacial score (nSPS) is 25.9. The number of rotatable bonds is 3. The third-order valence-electron chi connectivity index (χ3n) is 4.35. The first-order valence-electron chi connectivity index (χ1n) is 7.52. The molecule has 1 aromatic rings. The Balaban J connectivity index is 1.50. The van der Waals surface area contributed by atoms with Crippen LogP contribution >= 0.6 is 0 Å². The standard InChI is InChI=1S/C16H22N2O2/c19-16(12-20-14-6-2-1-3-7-14)18-10-8-15-13(11-18)5-4-9-17-15/h1-3,6-7,13,15,17H,4-5,8-12H2/t13-,15+/m0/s1. The monoisotopic (exact) mass is 274 g/mol. The molecule has 108 valence electrons. The molecule has 0 saturated carbocycles. The van der Waals surface area contributed by atoms with Crippen molar-refractivity contribution in [3.8, 4) is 5.75 Å². The smallest absolute Gasteiger partial charge is 0.260 e. The van der Waals surface area contributed by atoms with E-state index in [1.807, 2.05) is 35.2 Å². The number of fused-ring (bicyclic) bond motifs is 1. The Hall–Kier alpha value is -1.55. The Bertz CT molecular complexity index is 449. The van der Waals surface area contributed by atoms with Crippen LogP contribution in [0.25, 0.3) is 0 Å². The van der Waals surface area contributed by atoms with E-state index in [4.69, 9.17) is 4.74 Å². The lowest BCUT2D eigenvalue weighted by Crippen LogP contribution is -2.54. The molecule has 1 aromatic carbocycles. The lowest BCUT2D eigenvalue weighted by atomic mass is 9.85. The zero-order chi connectivity index (χ0) is 13.8. The van der Waals surface area contributed by atoms with Crippen LogP contribution in [0.1, 0.15) is 19.3 Å². The average Bonchev–Trinajstić information content (AvgIpc) is 2.53. The summed E-state index contributed by atoms with van der Waals surface area (Å²) in [6.45, 7) is 3.01. The molecule has 0 unspecified atom stereocenters. The highest BCUT2D eigenvalue weighted by atomic mass is 16.5. The predicted octanol–water partition coefficient (Wildman–Crippen LogP) is 1.67. The first-order chi connectivity index (χ1) is 9.83. The quantitative estimate of drug-likeness (QED) is 0.911. The molecule has 2 saturated heterocycles. The largest absolute Gasteiger partial charge is 0.484 e. The molecule has 0 radical (unpaired) electrons. The molecule has 0 bridgehead atoms. The molecule has 0 aromatic heterocycles. The molecule has 4 heteroatoms. The van der Waals surface area contributed by atoms with Gasteiger partial charge in [-0.05, 0) is 43.9 Å². The lowest BCUT2D eigenvalue weighted by Gasteiger charge is -2.41. The van der Waals surface area contributed by atoms with E-state index < -0.39 is 0 Å². The van der Waals surface area contributed by atoms with Gasteiger partial charge in [0.25, 0.3) is 5.91 Å². The molecule has 4 nitrogen and oxygen atoms in total. The van der Waals surface area contributed by atoms with Crippen molar-refractivity contribution in [2.75, 3.05) is 26.2 Å². The number of amides is 1. The SMILES string of the molecule is O=C(COc1ccccc1)N1CC[C@H]2NCCC[C@H]2C1. The van der Waals surface area contributed by atoms with Crippen molar-refractivity contribution < 1.29 is 9.53 Å². The van der Waals surface area contributed by atoms with Crippen LogP contribution in [0.2, 0.25) is 0 Å². The Morgan fingerprint density at radius 1 is 1.30 bits per heavy atom. The van der Waals surface area contributed by atoms with Gasteiger partial charge in [0.15, 0.2) is 6.61 Å². The van der Waals surface area contributed by atoms with Crippen LogP contribution in [-0.2, 0) is 4.79 Å². The number of likely N-dealkylation sites (tertiary alicyclic amines) is 1. The average molecular weight is 274 g/mol. The van der Waals surface area contributed by atoms with Crippen molar-refractivity contribution in [3.63, 3.8) is 0 Å². The minimum atomic E-state index is 0.109. The predicted molar refractivity (Wildman–Crippen MR) is 77.6 cm³/mol. The molecular weight excluding hydrogens is 252 g/mol. The van der Waals surface area contributed by atoms with Crippen molar-refractivity contribution in [3.05, 3.63) is 30.3 Å². The summed E-state index contributed by atoms with van der Waals surface area (Å²) < 4.78 is 5.55. The van der Waals surface area contributed by atoms with Crippen LogP contribution < -0.4 is 10.1 Å². The number of carbonyl (C=O) groups excluding carboxylic acids is 1. The number of nitrogens with zero attached hydrogens (tertiary/aromatic N) is 1. The molecule has 3 rings (SSSR count). The molecule has 1 amide bonds. The van der Waals surface area contributed by atoms with E-state index >= 15 is 0 Å². The maximum absolute atomic E-state index is 12.2. The second kappa shape index (κ2) is 6.27. The van der Waals surface area contributed by atoms with E-state index in [1.165, 1.54) is 12.8 Å². The molecule has 0 spiro atoms. The summed E-state index contributed by atoms with van der Waals surface area (Å²) in [6, 6.07) is 10.1. The molecule has 2 aliphatic rings. The molecule has 2 aliphatic heterocycles. The number of ether oxygens (including phenoxy) is 1. The van der Waals surface area contributed by atoms with Crippen LogP contribution in [0.3, 0.4) is 0 Å². The van der Waals surface area contributed by atoms with Crippen LogP contribution in [0, 0.1) is 5.92 Å². The van der Waals surface area contributed by atoms with Crippen LogP contribution in [0.15, 0.2) is 30.3 Å². The summed E-state index contributed by atoms with van der Waals surface area (Å²) in [5, 5.41) is 3.57. The zero-order valence-corrected chi connectivity index (χ0v) is 11.8. The van der Waals surface area contributed by atoms with Gasteiger partial charge in [-0.3, -0.25) is 4.79 Å². The van der Waals surface area contributed by atoms with Crippen LogP contribution in [0.5, 0.6) is 5.75 Å². The van der Waals surface area contributed by atoms with Crippen molar-refractivity contribution >= 4 is 5.91 Å². The number of piperidine rings is 2. The fraction of sp³-hybridized carbons (Fsp3) is 0.562. The highest BCUT2D eigenvalue weighted by Crippen LogP contribution is 2.24. The summed E-state index contributed by atoms with van der Waals surface area (Å²) in [5.41, 5.74) is 0. The minimum Gasteiger partial charge on any atom is -0.484 e. The number of benzene rings is 1. The number of hydrogen-bond donors (Lipinski definition) is 1. The van der Waals surface area contributed by atoms with E-state index in [-0.39, 0.29) is 12.5 Å². The van der Waals surface area contributed by atoms with Gasteiger partial charge >= 0.3 is 0 Å². The fourth-order valence-corrected chi connectivity index (χ4v) is 3.22. The van der Waals surface area contributed by atoms with Gasteiger partial charge in [-0.2, -0.15) is 0 Å². The summed E-state index contributed by atoms with van der Waals surface area (Å²) in [5.74, 6) is 1.49. The number of hydrogen-bond acceptors (Lipinski definition) is 3. The third kappa shape index (κ3) is 3.12. The van der Waals surface area contributed by atoms with Gasteiger partial charge in [0.05, 0.1) is 0 Å². The van der Waals surface area contributed by atoms with E-state index in [9.17, 15) is 4.79 Å².